The Morgan fingerprint density at radius 2 is 1.62 bits per heavy atom. The Labute approximate surface area is 133 Å². The van der Waals surface area contributed by atoms with Crippen molar-refractivity contribution in [1.82, 2.24) is 5.32 Å². The summed E-state index contributed by atoms with van der Waals surface area (Å²) in [6, 6.07) is 0.636. The Hall–Kier alpha value is -0.0400. The van der Waals surface area contributed by atoms with Crippen molar-refractivity contribution < 1.29 is 0 Å². The summed E-state index contributed by atoms with van der Waals surface area (Å²) in [5.74, 6) is 3.91. The molecule has 0 aliphatic heterocycles. The predicted octanol–water partition coefficient (Wildman–Crippen LogP) is 5.64. The molecule has 3 atom stereocenters. The molecule has 1 N–H and O–H groups in total. The van der Waals surface area contributed by atoms with Gasteiger partial charge in [-0.05, 0) is 54.9 Å². The van der Waals surface area contributed by atoms with Gasteiger partial charge in [-0.2, -0.15) is 0 Å². The molecule has 2 fully saturated rings. The molecule has 0 aromatic rings. The first-order chi connectivity index (χ1) is 9.88. The monoisotopic (exact) mass is 293 g/mol. The van der Waals surface area contributed by atoms with E-state index in [2.05, 4.69) is 39.9 Å². The van der Waals surface area contributed by atoms with E-state index in [0.29, 0.717) is 11.5 Å². The van der Waals surface area contributed by atoms with E-state index in [1.807, 2.05) is 0 Å². The first kappa shape index (κ1) is 17.3. The van der Waals surface area contributed by atoms with Crippen molar-refractivity contribution in [3.63, 3.8) is 0 Å². The average molecular weight is 294 g/mol. The molecule has 0 spiro atoms. The van der Waals surface area contributed by atoms with Gasteiger partial charge in [0.05, 0.1) is 0 Å². The molecule has 21 heavy (non-hydrogen) atoms. The molecule has 3 unspecified atom stereocenters. The van der Waals surface area contributed by atoms with Crippen molar-refractivity contribution in [3.05, 3.63) is 0 Å². The number of hydrogen-bond donors (Lipinski definition) is 1. The average Bonchev–Trinajstić information content (AvgIpc) is 2.45. The van der Waals surface area contributed by atoms with Crippen molar-refractivity contribution >= 4 is 0 Å². The van der Waals surface area contributed by atoms with Crippen molar-refractivity contribution in [3.8, 4) is 0 Å². The van der Waals surface area contributed by atoms with Gasteiger partial charge in [0, 0.05) is 6.04 Å². The van der Waals surface area contributed by atoms with Gasteiger partial charge in [0.1, 0.15) is 0 Å². The van der Waals surface area contributed by atoms with E-state index in [-0.39, 0.29) is 0 Å². The number of rotatable bonds is 4. The van der Waals surface area contributed by atoms with Gasteiger partial charge in [0.25, 0.3) is 0 Å². The predicted molar refractivity (Wildman–Crippen MR) is 93.5 cm³/mol. The molecule has 2 saturated carbocycles. The third-order valence-electron chi connectivity index (χ3n) is 6.32. The second-order valence-corrected chi connectivity index (χ2v) is 9.26. The highest BCUT2D eigenvalue weighted by Crippen LogP contribution is 2.48. The van der Waals surface area contributed by atoms with Crippen molar-refractivity contribution in [2.45, 2.75) is 92.0 Å². The SMILES string of the molecule is CC(C)NCC1CCC(C(C)(C)C)CC1C1CCCCC1. The zero-order chi connectivity index (χ0) is 15.5. The molecule has 2 rings (SSSR count). The van der Waals surface area contributed by atoms with Crippen molar-refractivity contribution in [1.29, 1.82) is 0 Å². The minimum atomic E-state index is 0.503. The molecule has 0 saturated heterocycles. The van der Waals surface area contributed by atoms with Gasteiger partial charge in [-0.3, -0.25) is 0 Å². The lowest BCUT2D eigenvalue weighted by atomic mass is 9.60. The zero-order valence-electron chi connectivity index (χ0n) is 15.3. The lowest BCUT2D eigenvalue weighted by molar-refractivity contribution is 0.0500. The molecule has 0 aromatic heterocycles. The van der Waals surface area contributed by atoms with Crippen LogP contribution in [0.5, 0.6) is 0 Å². The fraction of sp³-hybridized carbons (Fsp3) is 1.00. The highest BCUT2D eigenvalue weighted by molar-refractivity contribution is 4.90. The smallest absolute Gasteiger partial charge is 0.00104 e. The number of nitrogens with one attached hydrogen (secondary N) is 1. The van der Waals surface area contributed by atoms with Crippen LogP contribution in [0.1, 0.15) is 86.0 Å². The lowest BCUT2D eigenvalue weighted by Gasteiger charge is -2.46. The molecular weight excluding hydrogens is 254 g/mol. The van der Waals surface area contributed by atoms with Gasteiger partial charge < -0.3 is 5.32 Å². The quantitative estimate of drug-likeness (QED) is 0.707. The Morgan fingerprint density at radius 1 is 0.952 bits per heavy atom. The Bertz CT molecular complexity index is 295. The zero-order valence-corrected chi connectivity index (χ0v) is 15.3. The van der Waals surface area contributed by atoms with Gasteiger partial charge in [0.15, 0.2) is 0 Å². The van der Waals surface area contributed by atoms with E-state index in [4.69, 9.17) is 0 Å². The summed E-state index contributed by atoms with van der Waals surface area (Å²) in [5.41, 5.74) is 0.503. The van der Waals surface area contributed by atoms with Crippen LogP contribution in [0.3, 0.4) is 0 Å². The van der Waals surface area contributed by atoms with E-state index in [0.717, 1.165) is 23.7 Å². The summed E-state index contributed by atoms with van der Waals surface area (Å²) < 4.78 is 0. The lowest BCUT2D eigenvalue weighted by Crippen LogP contribution is -2.41. The highest BCUT2D eigenvalue weighted by Gasteiger charge is 2.39. The maximum Gasteiger partial charge on any atom is 0.00104 e. The van der Waals surface area contributed by atoms with Crippen LogP contribution >= 0.6 is 0 Å². The van der Waals surface area contributed by atoms with Gasteiger partial charge in [-0.1, -0.05) is 66.7 Å². The van der Waals surface area contributed by atoms with Crippen molar-refractivity contribution in [2.75, 3.05) is 6.54 Å². The molecule has 0 radical (unpaired) electrons. The van der Waals surface area contributed by atoms with Crippen LogP contribution in [-0.2, 0) is 0 Å². The van der Waals surface area contributed by atoms with Crippen molar-refractivity contribution in [2.24, 2.45) is 29.1 Å². The molecule has 0 aromatic carbocycles. The second kappa shape index (κ2) is 7.49. The fourth-order valence-electron chi connectivity index (χ4n) is 4.83. The summed E-state index contributed by atoms with van der Waals surface area (Å²) in [6.07, 6.45) is 11.9. The third-order valence-corrected chi connectivity index (χ3v) is 6.32. The van der Waals surface area contributed by atoms with Crippen LogP contribution in [0.2, 0.25) is 0 Å². The summed E-state index contributed by atoms with van der Waals surface area (Å²) >= 11 is 0. The molecule has 0 amide bonds. The molecule has 1 nitrogen and oxygen atoms in total. The minimum absolute atomic E-state index is 0.503. The summed E-state index contributed by atoms with van der Waals surface area (Å²) in [6.45, 7) is 13.2. The first-order valence-electron chi connectivity index (χ1n) is 9.61. The summed E-state index contributed by atoms with van der Waals surface area (Å²) in [7, 11) is 0. The molecule has 1 heteroatoms. The van der Waals surface area contributed by atoms with Crippen LogP contribution in [0.25, 0.3) is 0 Å². The third kappa shape index (κ3) is 4.98. The standard InChI is InChI=1S/C20H39N/c1-15(2)21-14-17-11-12-18(20(3,4)5)13-19(17)16-9-7-6-8-10-16/h15-19,21H,6-14H2,1-5H3. The fourth-order valence-corrected chi connectivity index (χ4v) is 4.83. The number of hydrogen-bond acceptors (Lipinski definition) is 1. The van der Waals surface area contributed by atoms with E-state index in [9.17, 15) is 0 Å². The van der Waals surface area contributed by atoms with E-state index in [1.165, 1.54) is 57.9 Å². The Morgan fingerprint density at radius 3 is 2.19 bits per heavy atom. The topological polar surface area (TPSA) is 12.0 Å². The molecular formula is C20H39N. The first-order valence-corrected chi connectivity index (χ1v) is 9.61. The Kier molecular flexibility index (Phi) is 6.17. The summed E-state index contributed by atoms with van der Waals surface area (Å²) in [5, 5.41) is 3.74. The van der Waals surface area contributed by atoms with E-state index >= 15 is 0 Å². The Balaban J connectivity index is 2.01. The summed E-state index contributed by atoms with van der Waals surface area (Å²) in [4.78, 5) is 0. The van der Waals surface area contributed by atoms with Crippen LogP contribution < -0.4 is 5.32 Å². The molecule has 124 valence electrons. The van der Waals surface area contributed by atoms with Gasteiger partial charge >= 0.3 is 0 Å². The second-order valence-electron chi connectivity index (χ2n) is 9.26. The molecule has 2 aliphatic carbocycles. The highest BCUT2D eigenvalue weighted by atomic mass is 14.9. The van der Waals surface area contributed by atoms with Crippen LogP contribution in [0, 0.1) is 29.1 Å². The normalized spacial score (nSPS) is 32.6. The van der Waals surface area contributed by atoms with Gasteiger partial charge in [-0.25, -0.2) is 0 Å². The minimum Gasteiger partial charge on any atom is -0.314 e. The van der Waals surface area contributed by atoms with Crippen LogP contribution in [0.15, 0.2) is 0 Å². The molecule has 2 aliphatic rings. The van der Waals surface area contributed by atoms with Crippen LogP contribution in [0.4, 0.5) is 0 Å². The maximum atomic E-state index is 3.74. The van der Waals surface area contributed by atoms with E-state index < -0.39 is 0 Å². The van der Waals surface area contributed by atoms with Gasteiger partial charge in [-0.15, -0.1) is 0 Å². The van der Waals surface area contributed by atoms with Crippen LogP contribution in [-0.4, -0.2) is 12.6 Å². The largest absolute Gasteiger partial charge is 0.314 e. The van der Waals surface area contributed by atoms with Gasteiger partial charge in [0.2, 0.25) is 0 Å². The maximum absolute atomic E-state index is 3.74. The van der Waals surface area contributed by atoms with E-state index in [1.54, 1.807) is 0 Å². The molecule has 0 bridgehead atoms. The molecule has 0 heterocycles.